The number of nitrogens with two attached hydrogens (primary N) is 1. The normalized spacial score (nSPS) is 19.6. The maximum Gasteiger partial charge on any atom is 0.245 e. The molecule has 136 valence electrons. The SMILES string of the molecule is N#CC1=C(N)Oc2n[nH]c(-c3ccccc3)c2C12C(=O)Nc1ccc(Cl)cc12. The van der Waals surface area contributed by atoms with Crippen molar-refractivity contribution in [3.05, 3.63) is 76.1 Å². The lowest BCUT2D eigenvalue weighted by atomic mass is 9.68. The number of fused-ring (bicyclic) bond motifs is 4. The monoisotopic (exact) mass is 389 g/mol. The van der Waals surface area contributed by atoms with Crippen molar-refractivity contribution < 1.29 is 9.53 Å². The Kier molecular flexibility index (Phi) is 3.29. The van der Waals surface area contributed by atoms with Crippen molar-refractivity contribution in [2.45, 2.75) is 5.41 Å². The first-order valence-corrected chi connectivity index (χ1v) is 8.79. The second-order valence-electron chi connectivity index (χ2n) is 6.49. The average Bonchev–Trinajstić information content (AvgIpc) is 3.23. The van der Waals surface area contributed by atoms with Gasteiger partial charge >= 0.3 is 0 Å². The second kappa shape index (κ2) is 5.62. The molecule has 5 rings (SSSR count). The Morgan fingerprint density at radius 3 is 2.75 bits per heavy atom. The number of benzene rings is 2. The van der Waals surface area contributed by atoms with Gasteiger partial charge in [0.2, 0.25) is 17.7 Å². The highest BCUT2D eigenvalue weighted by Gasteiger charge is 2.58. The molecule has 3 aromatic rings. The van der Waals surface area contributed by atoms with Crippen LogP contribution in [0.4, 0.5) is 5.69 Å². The fourth-order valence-electron chi connectivity index (χ4n) is 3.94. The Morgan fingerprint density at radius 1 is 1.21 bits per heavy atom. The van der Waals surface area contributed by atoms with Crippen molar-refractivity contribution in [1.29, 1.82) is 5.26 Å². The van der Waals surface area contributed by atoms with E-state index in [4.69, 9.17) is 22.1 Å². The first-order chi connectivity index (χ1) is 13.6. The van der Waals surface area contributed by atoms with Crippen molar-refractivity contribution in [2.24, 2.45) is 5.73 Å². The molecule has 0 radical (unpaired) electrons. The van der Waals surface area contributed by atoms with Crippen LogP contribution in [0.1, 0.15) is 11.1 Å². The summed E-state index contributed by atoms with van der Waals surface area (Å²) in [4.78, 5) is 13.4. The van der Waals surface area contributed by atoms with Crippen molar-refractivity contribution in [3.8, 4) is 23.2 Å². The molecule has 7 nitrogen and oxygen atoms in total. The summed E-state index contributed by atoms with van der Waals surface area (Å²) in [5, 5.41) is 20.3. The number of carbonyl (C=O) groups excluding carboxylic acids is 1. The number of H-pyrrole nitrogens is 1. The Balaban J connectivity index is 1.92. The van der Waals surface area contributed by atoms with E-state index < -0.39 is 11.3 Å². The quantitative estimate of drug-likeness (QED) is 0.591. The van der Waals surface area contributed by atoms with E-state index in [1.54, 1.807) is 18.2 Å². The van der Waals surface area contributed by atoms with Crippen LogP contribution < -0.4 is 15.8 Å². The van der Waals surface area contributed by atoms with E-state index in [1.165, 1.54) is 0 Å². The number of carbonyl (C=O) groups is 1. The number of rotatable bonds is 1. The molecule has 0 saturated heterocycles. The molecule has 2 aromatic carbocycles. The maximum absolute atomic E-state index is 13.4. The van der Waals surface area contributed by atoms with Gasteiger partial charge in [-0.05, 0) is 18.2 Å². The minimum absolute atomic E-state index is 0.00269. The maximum atomic E-state index is 13.4. The fraction of sp³-hybridized carbons (Fsp3) is 0.0500. The van der Waals surface area contributed by atoms with Crippen LogP contribution in [0.15, 0.2) is 60.0 Å². The van der Waals surface area contributed by atoms with Crippen LogP contribution in [0, 0.1) is 11.3 Å². The van der Waals surface area contributed by atoms with Crippen molar-refractivity contribution >= 4 is 23.2 Å². The van der Waals surface area contributed by atoms with E-state index >= 15 is 0 Å². The molecule has 2 aliphatic heterocycles. The molecule has 2 aliphatic rings. The standard InChI is InChI=1S/C20H12ClN5O2/c21-11-6-7-14-12(8-11)20(19(27)24-14)13(9-22)17(23)28-18-15(20)16(25-26-18)10-4-2-1-3-5-10/h1-8H,23H2,(H,24,27)(H,25,26). The van der Waals surface area contributed by atoms with Crippen molar-refractivity contribution in [3.63, 3.8) is 0 Å². The van der Waals surface area contributed by atoms with Gasteiger partial charge in [-0.1, -0.05) is 41.9 Å². The molecule has 1 unspecified atom stereocenters. The highest BCUT2D eigenvalue weighted by Crippen LogP contribution is 2.55. The van der Waals surface area contributed by atoms with E-state index in [0.717, 1.165) is 5.56 Å². The summed E-state index contributed by atoms with van der Waals surface area (Å²) >= 11 is 6.23. The number of aromatic amines is 1. The first-order valence-electron chi connectivity index (χ1n) is 8.41. The number of anilines is 1. The predicted molar refractivity (Wildman–Crippen MR) is 102 cm³/mol. The smallest absolute Gasteiger partial charge is 0.245 e. The van der Waals surface area contributed by atoms with Gasteiger partial charge in [-0.2, -0.15) is 5.26 Å². The number of ether oxygens (including phenoxy) is 1. The average molecular weight is 390 g/mol. The molecule has 0 bridgehead atoms. The van der Waals surface area contributed by atoms with Gasteiger partial charge in [0, 0.05) is 21.8 Å². The molecule has 1 aromatic heterocycles. The summed E-state index contributed by atoms with van der Waals surface area (Å²) in [7, 11) is 0. The summed E-state index contributed by atoms with van der Waals surface area (Å²) < 4.78 is 5.60. The minimum Gasteiger partial charge on any atom is -0.420 e. The van der Waals surface area contributed by atoms with Gasteiger partial charge in [0.05, 0.1) is 11.3 Å². The van der Waals surface area contributed by atoms with Gasteiger partial charge < -0.3 is 15.8 Å². The van der Waals surface area contributed by atoms with Crippen LogP contribution in [-0.4, -0.2) is 16.1 Å². The summed E-state index contributed by atoms with van der Waals surface area (Å²) in [5.41, 5.74) is 7.41. The molecule has 3 heterocycles. The molecular formula is C20H12ClN5O2. The number of nitrogens with zero attached hydrogens (tertiary/aromatic N) is 2. The fourth-order valence-corrected chi connectivity index (χ4v) is 4.11. The summed E-state index contributed by atoms with van der Waals surface area (Å²) in [6.45, 7) is 0. The zero-order valence-corrected chi connectivity index (χ0v) is 15.0. The van der Waals surface area contributed by atoms with Gasteiger partial charge in [0.1, 0.15) is 17.1 Å². The molecular weight excluding hydrogens is 378 g/mol. The molecule has 1 atom stereocenters. The van der Waals surface area contributed by atoms with Crippen molar-refractivity contribution in [1.82, 2.24) is 10.2 Å². The molecule has 4 N–H and O–H groups in total. The number of nitriles is 1. The largest absolute Gasteiger partial charge is 0.420 e. The highest BCUT2D eigenvalue weighted by atomic mass is 35.5. The molecule has 0 saturated carbocycles. The van der Waals surface area contributed by atoms with E-state index in [9.17, 15) is 10.1 Å². The Bertz CT molecular complexity index is 1230. The van der Waals surface area contributed by atoms with E-state index in [1.807, 2.05) is 30.3 Å². The molecule has 28 heavy (non-hydrogen) atoms. The third kappa shape index (κ3) is 1.92. The van der Waals surface area contributed by atoms with E-state index in [2.05, 4.69) is 21.6 Å². The summed E-state index contributed by atoms with van der Waals surface area (Å²) in [5.74, 6) is -0.421. The first kappa shape index (κ1) is 16.4. The van der Waals surface area contributed by atoms with Crippen LogP contribution in [-0.2, 0) is 10.2 Å². The number of aromatic nitrogens is 2. The Labute approximate surface area is 164 Å². The lowest BCUT2D eigenvalue weighted by Crippen LogP contribution is -2.42. The van der Waals surface area contributed by atoms with E-state index in [0.29, 0.717) is 27.5 Å². The Morgan fingerprint density at radius 2 is 2.00 bits per heavy atom. The van der Waals surface area contributed by atoms with Crippen LogP contribution in [0.2, 0.25) is 5.02 Å². The summed E-state index contributed by atoms with van der Waals surface area (Å²) in [6, 6.07) is 16.5. The lowest BCUT2D eigenvalue weighted by molar-refractivity contribution is -0.118. The molecule has 8 heteroatoms. The van der Waals surface area contributed by atoms with Crippen LogP contribution in [0.25, 0.3) is 11.3 Å². The highest BCUT2D eigenvalue weighted by molar-refractivity contribution is 6.31. The Hall–Kier alpha value is -3.76. The third-order valence-electron chi connectivity index (χ3n) is 5.08. The van der Waals surface area contributed by atoms with Crippen LogP contribution in [0.3, 0.4) is 0 Å². The van der Waals surface area contributed by atoms with Gasteiger partial charge in [0.15, 0.2) is 0 Å². The number of nitrogens with one attached hydrogen (secondary N) is 2. The number of hydrogen-bond acceptors (Lipinski definition) is 5. The van der Waals surface area contributed by atoms with Gasteiger partial charge in [-0.3, -0.25) is 9.89 Å². The van der Waals surface area contributed by atoms with E-state index in [-0.39, 0.29) is 17.3 Å². The topological polar surface area (TPSA) is 117 Å². The zero-order chi connectivity index (χ0) is 19.5. The third-order valence-corrected chi connectivity index (χ3v) is 5.32. The lowest BCUT2D eigenvalue weighted by Gasteiger charge is -2.32. The van der Waals surface area contributed by atoms with Crippen LogP contribution in [0.5, 0.6) is 5.88 Å². The minimum atomic E-state index is -1.51. The van der Waals surface area contributed by atoms with Crippen LogP contribution >= 0.6 is 11.6 Å². The molecule has 1 amide bonds. The number of halogens is 1. The summed E-state index contributed by atoms with van der Waals surface area (Å²) in [6.07, 6.45) is 0. The van der Waals surface area contributed by atoms with Gasteiger partial charge in [-0.15, -0.1) is 5.10 Å². The molecule has 0 fully saturated rings. The van der Waals surface area contributed by atoms with Gasteiger partial charge in [0.25, 0.3) is 0 Å². The van der Waals surface area contributed by atoms with Crippen molar-refractivity contribution in [2.75, 3.05) is 5.32 Å². The number of hydrogen-bond donors (Lipinski definition) is 3. The zero-order valence-electron chi connectivity index (χ0n) is 14.3. The predicted octanol–water partition coefficient (Wildman–Crippen LogP) is 3.05. The molecule has 1 spiro atoms. The van der Waals surface area contributed by atoms with Gasteiger partial charge in [-0.25, -0.2) is 0 Å². The molecule has 0 aliphatic carbocycles. The number of amides is 1. The second-order valence-corrected chi connectivity index (χ2v) is 6.93.